The quantitative estimate of drug-likeness (QED) is 0.487. The molecule has 0 spiro atoms. The molecule has 0 amide bonds. The Bertz CT molecular complexity index is 63.4. The van der Waals surface area contributed by atoms with Crippen molar-refractivity contribution in [2.24, 2.45) is 0 Å². The van der Waals surface area contributed by atoms with E-state index in [-0.39, 0.29) is 5.88 Å². The van der Waals surface area contributed by atoms with E-state index >= 15 is 0 Å². The number of hydrogen-bond acceptors (Lipinski definition) is 0. The summed E-state index contributed by atoms with van der Waals surface area (Å²) in [5.74, 6) is 0.112. The molecular weight excluding hydrogens is 95.5 g/mol. The highest BCUT2D eigenvalue weighted by atomic mass is 35.5. The standard InChI is InChI=1S/C5H11Cl/c1-2-3-4-5-6/h2-5H2,1H3/i4D2. The van der Waals surface area contributed by atoms with Crippen molar-refractivity contribution in [2.75, 3.05) is 5.88 Å². The maximum atomic E-state index is 7.11. The normalized spacial score (nSPS) is 16.3. The summed E-state index contributed by atoms with van der Waals surface area (Å²) in [6.07, 6.45) is 0.284. The molecule has 6 heavy (non-hydrogen) atoms. The van der Waals surface area contributed by atoms with E-state index in [1.54, 1.807) is 0 Å². The van der Waals surface area contributed by atoms with Crippen LogP contribution in [0.5, 0.6) is 0 Å². The summed E-state index contributed by atoms with van der Waals surface area (Å²) >= 11 is 5.30. The van der Waals surface area contributed by atoms with Gasteiger partial charge in [-0.3, -0.25) is 0 Å². The summed E-state index contributed by atoms with van der Waals surface area (Å²) in [6.45, 7) is 1.95. The second kappa shape index (κ2) is 5.29. The monoisotopic (exact) mass is 108 g/mol. The minimum absolute atomic E-state index is 0.112. The zero-order valence-electron chi connectivity index (χ0n) is 6.00. The van der Waals surface area contributed by atoms with Gasteiger partial charge in [-0.2, -0.15) is 0 Å². The first-order chi connectivity index (χ1) is 3.62. The van der Waals surface area contributed by atoms with E-state index in [0.29, 0.717) is 6.42 Å². The number of rotatable bonds is 3. The van der Waals surface area contributed by atoms with E-state index in [4.69, 9.17) is 14.3 Å². The predicted molar refractivity (Wildman–Crippen MR) is 30.2 cm³/mol. The highest BCUT2D eigenvalue weighted by Crippen LogP contribution is 1.93. The first-order valence-electron chi connectivity index (χ1n) is 3.18. The van der Waals surface area contributed by atoms with Crippen LogP contribution in [0.25, 0.3) is 0 Å². The SMILES string of the molecule is [2H]C([2H])(CCl)CCC. The van der Waals surface area contributed by atoms with E-state index in [1.165, 1.54) is 0 Å². The fraction of sp³-hybridized carbons (Fsp3) is 1.00. The van der Waals surface area contributed by atoms with E-state index in [0.717, 1.165) is 6.42 Å². The van der Waals surface area contributed by atoms with Gasteiger partial charge in [-0.1, -0.05) is 19.8 Å². The van der Waals surface area contributed by atoms with Crippen LogP contribution in [0.1, 0.15) is 28.9 Å². The van der Waals surface area contributed by atoms with Gasteiger partial charge in [-0.05, 0) is 6.37 Å². The molecule has 0 fully saturated rings. The molecule has 0 radical (unpaired) electrons. The van der Waals surface area contributed by atoms with Crippen molar-refractivity contribution < 1.29 is 2.74 Å². The Morgan fingerprint density at radius 1 is 1.83 bits per heavy atom. The van der Waals surface area contributed by atoms with Crippen molar-refractivity contribution in [2.45, 2.75) is 26.1 Å². The molecule has 0 aromatic rings. The third-order valence-electron chi connectivity index (χ3n) is 0.521. The molecule has 0 atom stereocenters. The van der Waals surface area contributed by atoms with Crippen LogP contribution in [-0.2, 0) is 0 Å². The molecular formula is C5H11Cl. The second-order valence-electron chi connectivity index (χ2n) is 1.13. The summed E-state index contributed by atoms with van der Waals surface area (Å²) in [7, 11) is 0. The average molecular weight is 109 g/mol. The minimum atomic E-state index is -1.14. The van der Waals surface area contributed by atoms with Gasteiger partial charge in [0.2, 0.25) is 0 Å². The third kappa shape index (κ3) is 4.29. The lowest BCUT2D eigenvalue weighted by Crippen LogP contribution is -1.70. The molecule has 0 saturated carbocycles. The topological polar surface area (TPSA) is 0 Å². The number of hydrogen-bond donors (Lipinski definition) is 0. The van der Waals surface area contributed by atoms with E-state index in [9.17, 15) is 0 Å². The summed E-state index contributed by atoms with van der Waals surface area (Å²) in [6, 6.07) is 0. The molecule has 0 nitrogen and oxygen atoms in total. The Labute approximate surface area is 47.3 Å². The summed E-state index contributed by atoms with van der Waals surface area (Å²) in [4.78, 5) is 0. The lowest BCUT2D eigenvalue weighted by Gasteiger charge is -1.84. The summed E-state index contributed by atoms with van der Waals surface area (Å²) in [5, 5.41) is 0. The number of halogens is 1. The van der Waals surface area contributed by atoms with E-state index in [2.05, 4.69) is 0 Å². The molecule has 38 valence electrons. The van der Waals surface area contributed by atoms with Crippen LogP contribution in [0, 0.1) is 0 Å². The van der Waals surface area contributed by atoms with Gasteiger partial charge >= 0.3 is 0 Å². The zero-order valence-corrected chi connectivity index (χ0v) is 4.76. The molecule has 0 N–H and O–H groups in total. The third-order valence-corrected chi connectivity index (χ3v) is 0.710. The van der Waals surface area contributed by atoms with Gasteiger partial charge in [-0.25, -0.2) is 0 Å². The molecule has 0 unspecified atom stereocenters. The Morgan fingerprint density at radius 2 is 2.50 bits per heavy atom. The fourth-order valence-electron chi connectivity index (χ4n) is 0.244. The molecule has 0 bridgehead atoms. The minimum Gasteiger partial charge on any atom is -0.127 e. The van der Waals surface area contributed by atoms with Crippen LogP contribution in [0.2, 0.25) is 0 Å². The molecule has 0 aliphatic heterocycles. The Hall–Kier alpha value is 0.290. The number of alkyl halides is 1. The van der Waals surface area contributed by atoms with Crippen molar-refractivity contribution in [1.29, 1.82) is 0 Å². The lowest BCUT2D eigenvalue weighted by molar-refractivity contribution is 0.776. The van der Waals surface area contributed by atoms with Gasteiger partial charge in [0.05, 0.1) is 0 Å². The van der Waals surface area contributed by atoms with Gasteiger partial charge in [0.15, 0.2) is 0 Å². The molecule has 0 aliphatic carbocycles. The molecule has 1 heteroatoms. The molecule has 0 aromatic heterocycles. The van der Waals surface area contributed by atoms with Crippen molar-refractivity contribution in [3.05, 3.63) is 0 Å². The van der Waals surface area contributed by atoms with Crippen LogP contribution >= 0.6 is 11.6 Å². The van der Waals surface area contributed by atoms with Gasteiger partial charge < -0.3 is 0 Å². The second-order valence-corrected chi connectivity index (χ2v) is 1.40. The first kappa shape index (κ1) is 3.31. The maximum Gasteiger partial charge on any atom is 0.0279 e. The lowest BCUT2D eigenvalue weighted by atomic mass is 10.3. The van der Waals surface area contributed by atoms with E-state index < -0.39 is 6.37 Å². The van der Waals surface area contributed by atoms with Crippen molar-refractivity contribution >= 4 is 11.6 Å². The highest BCUT2D eigenvalue weighted by molar-refractivity contribution is 6.17. The van der Waals surface area contributed by atoms with Crippen LogP contribution in [0.4, 0.5) is 0 Å². The van der Waals surface area contributed by atoms with Crippen molar-refractivity contribution in [1.82, 2.24) is 0 Å². The van der Waals surface area contributed by atoms with Crippen molar-refractivity contribution in [3.8, 4) is 0 Å². The first-order valence-corrected chi connectivity index (χ1v) is 2.72. The average Bonchev–Trinajstić information content (AvgIpc) is 1.67. The summed E-state index contributed by atoms with van der Waals surface area (Å²) < 4.78 is 14.2. The Balaban J connectivity index is 3.37. The largest absolute Gasteiger partial charge is 0.127 e. The van der Waals surface area contributed by atoms with Gasteiger partial charge in [0.1, 0.15) is 0 Å². The Kier molecular flexibility index (Phi) is 2.92. The van der Waals surface area contributed by atoms with Crippen molar-refractivity contribution in [3.63, 3.8) is 0 Å². The van der Waals surface area contributed by atoms with Gasteiger partial charge in [-0.15, -0.1) is 11.6 Å². The highest BCUT2D eigenvalue weighted by Gasteiger charge is 1.76. The van der Waals surface area contributed by atoms with Crippen LogP contribution in [0.3, 0.4) is 0 Å². The Morgan fingerprint density at radius 3 is 2.67 bits per heavy atom. The molecule has 0 aliphatic rings. The van der Waals surface area contributed by atoms with Crippen LogP contribution in [-0.4, -0.2) is 5.88 Å². The zero-order chi connectivity index (χ0) is 6.62. The fourth-order valence-corrected chi connectivity index (χ4v) is 0.377. The van der Waals surface area contributed by atoms with Gasteiger partial charge in [0, 0.05) is 8.62 Å². The predicted octanol–water partition coefficient (Wildman–Crippen LogP) is 2.42. The molecule has 0 heterocycles. The summed E-state index contributed by atoms with van der Waals surface area (Å²) in [5.41, 5.74) is 0. The van der Waals surface area contributed by atoms with E-state index in [1.807, 2.05) is 6.92 Å². The molecule has 0 saturated heterocycles. The van der Waals surface area contributed by atoms with Crippen LogP contribution < -0.4 is 0 Å². The smallest absolute Gasteiger partial charge is 0.0279 e. The maximum absolute atomic E-state index is 7.11. The molecule has 0 aromatic carbocycles. The van der Waals surface area contributed by atoms with Crippen LogP contribution in [0.15, 0.2) is 0 Å². The molecule has 0 rings (SSSR count). The van der Waals surface area contributed by atoms with Gasteiger partial charge in [0.25, 0.3) is 0 Å².